The Balaban J connectivity index is 2.31. The topological polar surface area (TPSA) is 59.0 Å². The Hall–Kier alpha value is -1.40. The number of ether oxygens (including phenoxy) is 2. The van der Waals surface area contributed by atoms with Crippen LogP contribution >= 0.6 is 11.8 Å². The van der Waals surface area contributed by atoms with Crippen LogP contribution in [0.1, 0.15) is 24.8 Å². The molecule has 1 unspecified atom stereocenters. The molecule has 5 nitrogen and oxygen atoms in total. The van der Waals surface area contributed by atoms with Gasteiger partial charge < -0.3 is 19.5 Å². The summed E-state index contributed by atoms with van der Waals surface area (Å²) in [6, 6.07) is 5.67. The Morgan fingerprint density at radius 2 is 1.86 bits per heavy atom. The van der Waals surface area contributed by atoms with Crippen LogP contribution < -0.4 is 9.47 Å². The van der Waals surface area contributed by atoms with Crippen LogP contribution in [0.5, 0.6) is 11.5 Å². The molecule has 2 rings (SSSR count). The Morgan fingerprint density at radius 1 is 1.27 bits per heavy atom. The van der Waals surface area contributed by atoms with Crippen molar-refractivity contribution in [2.45, 2.75) is 19.2 Å². The highest BCUT2D eigenvalue weighted by Gasteiger charge is 2.36. The molecular weight excluding hydrogens is 302 g/mol. The number of carbonyl (C=O) groups is 1. The van der Waals surface area contributed by atoms with Crippen molar-refractivity contribution in [1.82, 2.24) is 4.90 Å². The summed E-state index contributed by atoms with van der Waals surface area (Å²) >= 11 is 1.58. The number of hydrogen-bond donors (Lipinski definition) is 1. The van der Waals surface area contributed by atoms with E-state index in [1.165, 1.54) is 0 Å². The largest absolute Gasteiger partial charge is 0.497 e. The molecule has 1 amide bonds. The van der Waals surface area contributed by atoms with E-state index in [-0.39, 0.29) is 23.3 Å². The van der Waals surface area contributed by atoms with Crippen molar-refractivity contribution in [1.29, 1.82) is 0 Å². The lowest BCUT2D eigenvalue weighted by Crippen LogP contribution is -2.38. The van der Waals surface area contributed by atoms with Gasteiger partial charge >= 0.3 is 0 Å². The van der Waals surface area contributed by atoms with Crippen LogP contribution in [0, 0.1) is 5.41 Å². The van der Waals surface area contributed by atoms with Gasteiger partial charge in [-0.3, -0.25) is 4.79 Å². The predicted octanol–water partition coefficient (Wildman–Crippen LogP) is 2.30. The van der Waals surface area contributed by atoms with E-state index in [0.717, 1.165) is 5.56 Å². The van der Waals surface area contributed by atoms with E-state index < -0.39 is 0 Å². The third-order valence-electron chi connectivity index (χ3n) is 3.65. The van der Waals surface area contributed by atoms with E-state index in [4.69, 9.17) is 9.47 Å². The van der Waals surface area contributed by atoms with Crippen LogP contribution in [0.15, 0.2) is 18.2 Å². The third-order valence-corrected chi connectivity index (χ3v) is 4.91. The minimum Gasteiger partial charge on any atom is -0.497 e. The van der Waals surface area contributed by atoms with E-state index in [1.807, 2.05) is 36.9 Å². The molecule has 0 saturated carbocycles. The lowest BCUT2D eigenvalue weighted by molar-refractivity contribution is -0.129. The first-order chi connectivity index (χ1) is 10.4. The third kappa shape index (κ3) is 3.67. The van der Waals surface area contributed by atoms with Crippen LogP contribution in [-0.2, 0) is 4.79 Å². The quantitative estimate of drug-likeness (QED) is 0.870. The molecule has 1 aromatic rings. The normalized spacial score (nSPS) is 18.7. The van der Waals surface area contributed by atoms with Crippen molar-refractivity contribution < 1.29 is 19.4 Å². The number of aliphatic hydroxyl groups excluding tert-OH is 1. The van der Waals surface area contributed by atoms with E-state index in [1.54, 1.807) is 26.0 Å². The number of aliphatic hydroxyl groups is 1. The lowest BCUT2D eigenvalue weighted by atomic mass is 9.94. The van der Waals surface area contributed by atoms with Crippen molar-refractivity contribution in [2.75, 3.05) is 33.1 Å². The average Bonchev–Trinajstić information content (AvgIpc) is 2.87. The van der Waals surface area contributed by atoms with Crippen molar-refractivity contribution >= 4 is 17.7 Å². The molecule has 0 radical (unpaired) electrons. The first-order valence-corrected chi connectivity index (χ1v) is 8.20. The number of methoxy groups -OCH3 is 2. The van der Waals surface area contributed by atoms with Gasteiger partial charge in [-0.1, -0.05) is 13.8 Å². The number of carbonyl (C=O) groups excluding carboxylic acids is 1. The first kappa shape index (κ1) is 17.0. The van der Waals surface area contributed by atoms with Crippen LogP contribution in [0.2, 0.25) is 0 Å². The first-order valence-electron chi connectivity index (χ1n) is 7.15. The van der Waals surface area contributed by atoms with E-state index >= 15 is 0 Å². The maximum atomic E-state index is 12.2. The van der Waals surface area contributed by atoms with Gasteiger partial charge in [-0.25, -0.2) is 0 Å². The van der Waals surface area contributed by atoms with Gasteiger partial charge in [0.25, 0.3) is 0 Å². The minimum atomic E-state index is -0.332. The van der Waals surface area contributed by atoms with Gasteiger partial charge in [0.2, 0.25) is 5.91 Å². The van der Waals surface area contributed by atoms with E-state index in [9.17, 15) is 9.90 Å². The number of nitrogens with zero attached hydrogens (tertiary/aromatic N) is 1. The summed E-state index contributed by atoms with van der Waals surface area (Å²) in [5.74, 6) is 1.95. The molecule has 1 fully saturated rings. The number of rotatable bonds is 6. The Bertz CT molecular complexity index is 525. The van der Waals surface area contributed by atoms with Crippen LogP contribution in [0.3, 0.4) is 0 Å². The minimum absolute atomic E-state index is 0.0373. The Kier molecular flexibility index (Phi) is 5.24. The maximum absolute atomic E-state index is 12.2. The second kappa shape index (κ2) is 6.79. The molecule has 1 saturated heterocycles. The average molecular weight is 325 g/mol. The molecule has 1 heterocycles. The standard InChI is InChI=1S/C16H23NO4S/c1-16(2,10-18)9-17-14(19)8-22-15(17)11-5-12(20-3)7-13(6-11)21-4/h5-7,15,18H,8-10H2,1-4H3. The molecule has 122 valence electrons. The van der Waals surface area contributed by atoms with Crippen molar-refractivity contribution in [3.8, 4) is 11.5 Å². The molecule has 6 heteroatoms. The highest BCUT2D eigenvalue weighted by atomic mass is 32.2. The fourth-order valence-electron chi connectivity index (χ4n) is 2.38. The SMILES string of the molecule is COc1cc(OC)cc(C2SCC(=O)N2CC(C)(C)CO)c1. The van der Waals surface area contributed by atoms with E-state index in [0.29, 0.717) is 23.8 Å². The van der Waals surface area contributed by atoms with Gasteiger partial charge in [0.1, 0.15) is 16.9 Å². The number of thioether (sulfide) groups is 1. The van der Waals surface area contributed by atoms with Gasteiger partial charge in [-0.2, -0.15) is 0 Å². The molecule has 0 spiro atoms. The van der Waals surface area contributed by atoms with Crippen molar-refractivity contribution in [2.24, 2.45) is 5.41 Å². The fourth-order valence-corrected chi connectivity index (χ4v) is 3.55. The van der Waals surface area contributed by atoms with Crippen molar-refractivity contribution in [3.63, 3.8) is 0 Å². The molecule has 1 N–H and O–H groups in total. The number of benzene rings is 1. The molecule has 0 bridgehead atoms. The summed E-state index contributed by atoms with van der Waals surface area (Å²) in [6.07, 6.45) is 0. The van der Waals surface area contributed by atoms with Gasteiger partial charge in [-0.15, -0.1) is 11.8 Å². The fraction of sp³-hybridized carbons (Fsp3) is 0.562. The van der Waals surface area contributed by atoms with E-state index in [2.05, 4.69) is 0 Å². The van der Waals surface area contributed by atoms with Gasteiger partial charge in [0, 0.05) is 24.6 Å². The Labute approximate surface area is 135 Å². The summed E-state index contributed by atoms with van der Waals surface area (Å²) in [4.78, 5) is 14.1. The Morgan fingerprint density at radius 3 is 2.36 bits per heavy atom. The summed E-state index contributed by atoms with van der Waals surface area (Å²) in [6.45, 7) is 4.45. The second-order valence-electron chi connectivity index (χ2n) is 6.15. The summed E-state index contributed by atoms with van der Waals surface area (Å²) < 4.78 is 10.6. The molecule has 1 aromatic carbocycles. The van der Waals surface area contributed by atoms with Gasteiger partial charge in [-0.05, 0) is 17.7 Å². The highest BCUT2D eigenvalue weighted by molar-refractivity contribution is 8.00. The lowest BCUT2D eigenvalue weighted by Gasteiger charge is -2.32. The molecule has 1 aliphatic heterocycles. The summed E-state index contributed by atoms with van der Waals surface area (Å²) in [5, 5.41) is 9.40. The highest BCUT2D eigenvalue weighted by Crippen LogP contribution is 2.42. The zero-order chi connectivity index (χ0) is 16.3. The smallest absolute Gasteiger partial charge is 0.233 e. The van der Waals surface area contributed by atoms with Gasteiger partial charge in [0.15, 0.2) is 0 Å². The molecule has 1 aliphatic rings. The summed E-state index contributed by atoms with van der Waals surface area (Å²) in [7, 11) is 3.22. The van der Waals surface area contributed by atoms with Crippen LogP contribution in [-0.4, -0.2) is 49.0 Å². The number of amides is 1. The monoisotopic (exact) mass is 325 g/mol. The summed E-state index contributed by atoms with van der Waals surface area (Å²) in [5.41, 5.74) is 0.641. The molecule has 0 aliphatic carbocycles. The molecule has 1 atom stereocenters. The molecular formula is C16H23NO4S. The zero-order valence-electron chi connectivity index (χ0n) is 13.5. The number of hydrogen-bond acceptors (Lipinski definition) is 5. The van der Waals surface area contributed by atoms with Crippen molar-refractivity contribution in [3.05, 3.63) is 23.8 Å². The molecule has 22 heavy (non-hydrogen) atoms. The maximum Gasteiger partial charge on any atom is 0.233 e. The molecule has 0 aromatic heterocycles. The zero-order valence-corrected chi connectivity index (χ0v) is 14.3. The van der Waals surface area contributed by atoms with Crippen LogP contribution in [0.4, 0.5) is 0 Å². The second-order valence-corrected chi connectivity index (χ2v) is 7.22. The van der Waals surface area contributed by atoms with Crippen LogP contribution in [0.25, 0.3) is 0 Å². The predicted molar refractivity (Wildman–Crippen MR) is 87.3 cm³/mol. The van der Waals surface area contributed by atoms with Gasteiger partial charge in [0.05, 0.1) is 20.0 Å².